The van der Waals surface area contributed by atoms with E-state index >= 15 is 0 Å². The molecule has 0 fully saturated rings. The number of aryl methyl sites for hydroxylation is 2. The van der Waals surface area contributed by atoms with Gasteiger partial charge in [-0.05, 0) is 24.3 Å². The van der Waals surface area contributed by atoms with E-state index in [4.69, 9.17) is 4.52 Å². The predicted octanol–water partition coefficient (Wildman–Crippen LogP) is 2.94. The summed E-state index contributed by atoms with van der Waals surface area (Å²) in [5.74, 6) is 0.0475. The third-order valence-corrected chi connectivity index (χ3v) is 4.73. The Bertz CT molecular complexity index is 1240. The van der Waals surface area contributed by atoms with Crippen LogP contribution in [0.1, 0.15) is 33.1 Å². The van der Waals surface area contributed by atoms with Gasteiger partial charge in [0.05, 0.1) is 36.0 Å². The number of hydrogen-bond donors (Lipinski definition) is 1. The molecule has 0 radical (unpaired) electrons. The number of nitrogens with one attached hydrogen (secondary N) is 1. The molecule has 0 aliphatic rings. The van der Waals surface area contributed by atoms with Crippen molar-refractivity contribution in [2.24, 2.45) is 0 Å². The van der Waals surface area contributed by atoms with Gasteiger partial charge in [-0.2, -0.15) is 9.78 Å². The van der Waals surface area contributed by atoms with Crippen LogP contribution in [0.2, 0.25) is 0 Å². The maximum Gasteiger partial charge on any atom is 0.389 e. The van der Waals surface area contributed by atoms with Crippen LogP contribution in [0.3, 0.4) is 0 Å². The van der Waals surface area contributed by atoms with E-state index in [0.717, 1.165) is 11.3 Å². The minimum Gasteiger partial charge on any atom is -0.361 e. The number of anilines is 1. The Morgan fingerprint density at radius 1 is 1.16 bits per heavy atom. The second-order valence-electron chi connectivity index (χ2n) is 6.96. The molecule has 11 nitrogen and oxygen atoms in total. The smallest absolute Gasteiger partial charge is 0.361 e. The average molecular weight is 421 g/mol. The molecule has 0 saturated carbocycles. The molecule has 1 N–H and O–H groups in total. The van der Waals surface area contributed by atoms with Crippen molar-refractivity contribution in [1.29, 1.82) is 0 Å². The fraction of sp³-hybridized carbons (Fsp3) is 0.200. The van der Waals surface area contributed by atoms with Gasteiger partial charge >= 0.3 is 5.82 Å². The first kappa shape index (κ1) is 20.0. The van der Waals surface area contributed by atoms with Gasteiger partial charge in [0.2, 0.25) is 0 Å². The summed E-state index contributed by atoms with van der Waals surface area (Å²) in [6.45, 7) is 4.25. The molecule has 0 bridgehead atoms. The Balaban J connectivity index is 1.50. The highest BCUT2D eigenvalue weighted by molar-refractivity contribution is 6.03. The summed E-state index contributed by atoms with van der Waals surface area (Å²) in [7, 11) is 0. The lowest BCUT2D eigenvalue weighted by molar-refractivity contribution is -0.389. The largest absolute Gasteiger partial charge is 0.389 e. The lowest BCUT2D eigenvalue weighted by Crippen LogP contribution is -2.16. The molecule has 3 aromatic heterocycles. The number of carbonyl (C=O) groups is 1. The van der Waals surface area contributed by atoms with E-state index in [1.54, 1.807) is 17.7 Å². The van der Waals surface area contributed by atoms with Crippen molar-refractivity contribution in [3.8, 4) is 0 Å². The SMILES string of the molecule is Cc1onc(C(=O)Nc2cc(C)n(Cc3ccccc3)n2)c1Cn1ccc([N+](=O)[O-])n1. The molecule has 0 saturated heterocycles. The first-order chi connectivity index (χ1) is 14.9. The standard InChI is InChI=1S/C20H19N7O4/c1-13-10-17(22-26(13)11-15-6-4-3-5-7-15)21-20(28)19-16(14(2)31-24-19)12-25-9-8-18(23-25)27(29)30/h3-10H,11-12H2,1-2H3,(H,21,22,28). The minimum atomic E-state index is -0.585. The topological polar surface area (TPSA) is 134 Å². The molecule has 1 aromatic carbocycles. The fourth-order valence-corrected chi connectivity index (χ4v) is 3.12. The predicted molar refractivity (Wildman–Crippen MR) is 110 cm³/mol. The number of aromatic nitrogens is 5. The van der Waals surface area contributed by atoms with Crippen molar-refractivity contribution >= 4 is 17.5 Å². The summed E-state index contributed by atoms with van der Waals surface area (Å²) in [6, 6.07) is 12.9. The van der Waals surface area contributed by atoms with E-state index in [1.807, 2.05) is 37.3 Å². The number of amides is 1. The molecule has 4 rings (SSSR count). The Hall–Kier alpha value is -4.28. The molecule has 0 unspecified atom stereocenters. The van der Waals surface area contributed by atoms with Gasteiger partial charge in [0.1, 0.15) is 5.76 Å². The summed E-state index contributed by atoms with van der Waals surface area (Å²) >= 11 is 0. The van der Waals surface area contributed by atoms with Gasteiger partial charge in [0.15, 0.2) is 11.5 Å². The summed E-state index contributed by atoms with van der Waals surface area (Å²) in [5, 5.41) is 25.7. The van der Waals surface area contributed by atoms with Gasteiger partial charge in [0.25, 0.3) is 5.91 Å². The van der Waals surface area contributed by atoms with E-state index in [9.17, 15) is 14.9 Å². The normalized spacial score (nSPS) is 10.9. The van der Waals surface area contributed by atoms with E-state index in [0.29, 0.717) is 23.7 Å². The third-order valence-electron chi connectivity index (χ3n) is 4.73. The van der Waals surface area contributed by atoms with Crippen molar-refractivity contribution < 1.29 is 14.2 Å². The minimum absolute atomic E-state index is 0.0749. The Kier molecular flexibility index (Phi) is 5.31. The van der Waals surface area contributed by atoms with Crippen LogP contribution in [0.25, 0.3) is 0 Å². The zero-order valence-electron chi connectivity index (χ0n) is 16.8. The Morgan fingerprint density at radius 3 is 2.65 bits per heavy atom. The molecule has 0 atom stereocenters. The second-order valence-corrected chi connectivity index (χ2v) is 6.96. The molecular formula is C20H19N7O4. The molecule has 4 aromatic rings. The van der Waals surface area contributed by atoms with E-state index < -0.39 is 10.8 Å². The number of benzene rings is 1. The maximum absolute atomic E-state index is 12.8. The van der Waals surface area contributed by atoms with Gasteiger partial charge in [-0.25, -0.2) is 0 Å². The highest BCUT2D eigenvalue weighted by Crippen LogP contribution is 2.18. The summed E-state index contributed by atoms with van der Waals surface area (Å²) in [4.78, 5) is 23.1. The van der Waals surface area contributed by atoms with Crippen LogP contribution in [0, 0.1) is 24.0 Å². The van der Waals surface area contributed by atoms with Gasteiger partial charge < -0.3 is 20.0 Å². The quantitative estimate of drug-likeness (QED) is 0.358. The zero-order valence-corrected chi connectivity index (χ0v) is 16.8. The molecule has 0 spiro atoms. The van der Waals surface area contributed by atoms with E-state index in [1.165, 1.54) is 16.9 Å². The third kappa shape index (κ3) is 4.34. The lowest BCUT2D eigenvalue weighted by atomic mass is 10.2. The van der Waals surface area contributed by atoms with Gasteiger partial charge in [-0.15, -0.1) is 0 Å². The average Bonchev–Trinajstić information content (AvgIpc) is 3.44. The maximum atomic E-state index is 12.8. The Morgan fingerprint density at radius 2 is 1.94 bits per heavy atom. The van der Waals surface area contributed by atoms with Crippen LogP contribution in [-0.2, 0) is 13.1 Å². The van der Waals surface area contributed by atoms with E-state index in [2.05, 4.69) is 20.7 Å². The molecule has 31 heavy (non-hydrogen) atoms. The Labute approximate surface area is 176 Å². The lowest BCUT2D eigenvalue weighted by Gasteiger charge is -2.04. The molecule has 0 aliphatic heterocycles. The van der Waals surface area contributed by atoms with Crippen LogP contribution in [0.4, 0.5) is 11.6 Å². The highest BCUT2D eigenvalue weighted by atomic mass is 16.6. The first-order valence-electron chi connectivity index (χ1n) is 9.43. The molecule has 0 aliphatic carbocycles. The summed E-state index contributed by atoms with van der Waals surface area (Å²) in [6.07, 6.45) is 1.46. The van der Waals surface area contributed by atoms with Gasteiger partial charge in [0, 0.05) is 11.8 Å². The first-order valence-corrected chi connectivity index (χ1v) is 9.43. The van der Waals surface area contributed by atoms with Gasteiger partial charge in [-0.3, -0.25) is 9.48 Å². The van der Waals surface area contributed by atoms with Crippen LogP contribution in [0.5, 0.6) is 0 Å². The number of hydrogen-bond acceptors (Lipinski definition) is 7. The summed E-state index contributed by atoms with van der Waals surface area (Å²) in [5.41, 5.74) is 2.54. The molecule has 1 amide bonds. The fourth-order valence-electron chi connectivity index (χ4n) is 3.12. The molecule has 11 heteroatoms. The van der Waals surface area contributed by atoms with Crippen molar-refractivity contribution in [3.63, 3.8) is 0 Å². The number of carbonyl (C=O) groups excluding carboxylic acids is 1. The van der Waals surface area contributed by atoms with E-state index in [-0.39, 0.29) is 18.1 Å². The van der Waals surface area contributed by atoms with Crippen LogP contribution in [0.15, 0.2) is 53.2 Å². The van der Waals surface area contributed by atoms with Crippen molar-refractivity contribution in [2.75, 3.05) is 5.32 Å². The van der Waals surface area contributed by atoms with Crippen molar-refractivity contribution in [2.45, 2.75) is 26.9 Å². The number of rotatable bonds is 7. The molecule has 158 valence electrons. The second kappa shape index (κ2) is 8.22. The highest BCUT2D eigenvalue weighted by Gasteiger charge is 2.23. The van der Waals surface area contributed by atoms with Crippen molar-refractivity contribution in [3.05, 3.63) is 87.1 Å². The van der Waals surface area contributed by atoms with Gasteiger partial charge in [-0.1, -0.05) is 35.5 Å². The number of nitrogens with zero attached hydrogens (tertiary/aromatic N) is 6. The van der Waals surface area contributed by atoms with Crippen LogP contribution >= 0.6 is 0 Å². The van der Waals surface area contributed by atoms with Crippen LogP contribution < -0.4 is 5.32 Å². The number of nitro groups is 1. The monoisotopic (exact) mass is 421 g/mol. The van der Waals surface area contributed by atoms with Crippen molar-refractivity contribution in [1.82, 2.24) is 24.7 Å². The zero-order chi connectivity index (χ0) is 22.0. The van der Waals surface area contributed by atoms with Crippen LogP contribution in [-0.4, -0.2) is 35.5 Å². The molecular weight excluding hydrogens is 402 g/mol. The molecule has 3 heterocycles. The summed E-state index contributed by atoms with van der Waals surface area (Å²) < 4.78 is 8.33.